The van der Waals surface area contributed by atoms with E-state index in [0.717, 1.165) is 13.2 Å². The Morgan fingerprint density at radius 3 is 2.77 bits per heavy atom. The fraction of sp³-hybridized carbons (Fsp3) is 0.375. The molecule has 1 aromatic rings. The largest absolute Gasteiger partial charge is 0.468 e. The summed E-state index contributed by atoms with van der Waals surface area (Å²) in [4.78, 5) is 48.2. The maximum atomic E-state index is 14.4. The van der Waals surface area contributed by atoms with E-state index in [0.29, 0.717) is 16.9 Å². The Morgan fingerprint density at radius 2 is 2.12 bits per heavy atom. The van der Waals surface area contributed by atoms with Gasteiger partial charge in [-0.1, -0.05) is 0 Å². The summed E-state index contributed by atoms with van der Waals surface area (Å²) >= 11 is 0. The second-order valence-corrected chi connectivity index (χ2v) is 5.86. The highest BCUT2D eigenvalue weighted by atomic mass is 19.1. The Hall–Kier alpha value is -3.17. The lowest BCUT2D eigenvalue weighted by Gasteiger charge is -2.20. The molecule has 1 aromatic carbocycles. The minimum atomic E-state index is -1.66. The summed E-state index contributed by atoms with van der Waals surface area (Å²) < 4.78 is 24.1. The van der Waals surface area contributed by atoms with E-state index in [4.69, 9.17) is 4.74 Å². The predicted octanol–water partition coefficient (Wildman–Crippen LogP) is 0.870. The van der Waals surface area contributed by atoms with Gasteiger partial charge in [0.2, 0.25) is 5.60 Å². The minimum absolute atomic E-state index is 0.0525. The summed E-state index contributed by atoms with van der Waals surface area (Å²) in [7, 11) is 2.52. The van der Waals surface area contributed by atoms with Gasteiger partial charge in [0, 0.05) is 19.0 Å². The molecule has 1 heterocycles. The van der Waals surface area contributed by atoms with Crippen molar-refractivity contribution in [2.24, 2.45) is 0 Å². The molecule has 3 rings (SSSR count). The zero-order valence-corrected chi connectivity index (χ0v) is 14.1. The van der Waals surface area contributed by atoms with E-state index in [1.807, 2.05) is 0 Å². The topological polar surface area (TPSA) is 114 Å². The number of aryl methyl sites for hydroxylation is 1. The number of imide groups is 1. The maximum Gasteiger partial charge on any atom is 0.418 e. The van der Waals surface area contributed by atoms with Gasteiger partial charge in [-0.2, -0.15) is 0 Å². The number of nitrogens with one attached hydrogen (secondary N) is 2. The number of halogens is 1. The molecule has 0 radical (unpaired) electrons. The Balaban J connectivity index is 1.95. The lowest BCUT2D eigenvalue weighted by Crippen LogP contribution is -2.40. The summed E-state index contributed by atoms with van der Waals surface area (Å²) in [5.41, 5.74) is -0.933. The average molecular weight is 365 g/mol. The zero-order chi connectivity index (χ0) is 19.1. The van der Waals surface area contributed by atoms with Gasteiger partial charge < -0.3 is 20.1 Å². The van der Waals surface area contributed by atoms with Crippen LogP contribution < -0.4 is 10.6 Å². The van der Waals surface area contributed by atoms with Crippen molar-refractivity contribution >= 4 is 29.7 Å². The van der Waals surface area contributed by atoms with E-state index in [-0.39, 0.29) is 17.7 Å². The van der Waals surface area contributed by atoms with Gasteiger partial charge in [-0.3, -0.25) is 9.59 Å². The molecule has 4 amide bonds. The van der Waals surface area contributed by atoms with Gasteiger partial charge in [-0.25, -0.2) is 18.9 Å². The van der Waals surface area contributed by atoms with Crippen LogP contribution in [0, 0.1) is 5.82 Å². The molecule has 10 heteroatoms. The Kier molecular flexibility index (Phi) is 4.26. The number of esters is 1. The molecule has 0 saturated carbocycles. The van der Waals surface area contributed by atoms with Gasteiger partial charge in [0.15, 0.2) is 0 Å². The molecular weight excluding hydrogens is 349 g/mol. The number of nitrogens with zero attached hydrogens (tertiary/aromatic N) is 1. The fourth-order valence-electron chi connectivity index (χ4n) is 3.13. The van der Waals surface area contributed by atoms with E-state index >= 15 is 0 Å². The van der Waals surface area contributed by atoms with Crippen molar-refractivity contribution in [3.63, 3.8) is 0 Å². The van der Waals surface area contributed by atoms with Crippen molar-refractivity contribution in [1.29, 1.82) is 0 Å². The SMILES string of the molecule is CNC(=O)Nc1cc2c(cc1F)[C@]1(CC2)OC(=O)N(CC(=O)OC)C1=O. The molecule has 1 fully saturated rings. The van der Waals surface area contributed by atoms with E-state index in [1.165, 1.54) is 13.1 Å². The third-order valence-electron chi connectivity index (χ3n) is 4.44. The third-order valence-corrected chi connectivity index (χ3v) is 4.44. The van der Waals surface area contributed by atoms with E-state index in [9.17, 15) is 23.6 Å². The first-order valence-corrected chi connectivity index (χ1v) is 7.75. The molecule has 0 unspecified atom stereocenters. The van der Waals surface area contributed by atoms with Crippen LogP contribution in [-0.4, -0.2) is 49.6 Å². The van der Waals surface area contributed by atoms with Crippen LogP contribution in [0.5, 0.6) is 0 Å². The monoisotopic (exact) mass is 365 g/mol. The first-order chi connectivity index (χ1) is 12.3. The smallest absolute Gasteiger partial charge is 0.418 e. The van der Waals surface area contributed by atoms with Crippen LogP contribution in [0.3, 0.4) is 0 Å². The summed E-state index contributed by atoms with van der Waals surface area (Å²) in [6.07, 6.45) is -0.530. The molecule has 0 bridgehead atoms. The van der Waals surface area contributed by atoms with Crippen LogP contribution in [0.1, 0.15) is 17.5 Å². The molecule has 2 N–H and O–H groups in total. The fourth-order valence-corrected chi connectivity index (χ4v) is 3.13. The normalized spacial score (nSPS) is 20.8. The number of anilines is 1. The summed E-state index contributed by atoms with van der Waals surface area (Å²) in [5.74, 6) is -2.29. The number of ether oxygens (including phenoxy) is 2. The number of rotatable bonds is 3. The molecule has 2 aliphatic rings. The third kappa shape index (κ3) is 2.63. The number of amides is 4. The minimum Gasteiger partial charge on any atom is -0.468 e. The molecule has 1 aliphatic carbocycles. The zero-order valence-electron chi connectivity index (χ0n) is 14.1. The first kappa shape index (κ1) is 17.6. The highest BCUT2D eigenvalue weighted by molar-refractivity contribution is 6.06. The molecule has 1 spiro atoms. The van der Waals surface area contributed by atoms with Gasteiger partial charge in [0.05, 0.1) is 12.8 Å². The summed E-state index contributed by atoms with van der Waals surface area (Å²) in [6, 6.07) is 1.88. The van der Waals surface area contributed by atoms with Crippen LogP contribution in [-0.2, 0) is 31.1 Å². The Bertz CT molecular complexity index is 826. The highest BCUT2D eigenvalue weighted by Gasteiger charge is 2.58. The quantitative estimate of drug-likeness (QED) is 0.769. The number of carbonyl (C=O) groups is 4. The Labute approximate surface area is 147 Å². The molecule has 138 valence electrons. The number of urea groups is 1. The second kappa shape index (κ2) is 6.28. The maximum absolute atomic E-state index is 14.4. The van der Waals surface area contributed by atoms with E-state index in [2.05, 4.69) is 15.4 Å². The second-order valence-electron chi connectivity index (χ2n) is 5.86. The number of benzene rings is 1. The number of carbonyl (C=O) groups excluding carboxylic acids is 4. The van der Waals surface area contributed by atoms with Crippen molar-refractivity contribution in [3.8, 4) is 0 Å². The van der Waals surface area contributed by atoms with Gasteiger partial charge in [-0.05, 0) is 24.1 Å². The molecular formula is C16H16FN3O6. The van der Waals surface area contributed by atoms with Gasteiger partial charge in [0.25, 0.3) is 5.91 Å². The van der Waals surface area contributed by atoms with Crippen LogP contribution in [0.25, 0.3) is 0 Å². The predicted molar refractivity (Wildman–Crippen MR) is 84.7 cm³/mol. The van der Waals surface area contributed by atoms with Crippen LogP contribution in [0.15, 0.2) is 12.1 Å². The first-order valence-electron chi connectivity index (χ1n) is 7.75. The van der Waals surface area contributed by atoms with E-state index < -0.39 is 42.0 Å². The van der Waals surface area contributed by atoms with Crippen LogP contribution >= 0.6 is 0 Å². The summed E-state index contributed by atoms with van der Waals surface area (Å²) in [5, 5.41) is 4.65. The molecule has 1 atom stereocenters. The molecule has 9 nitrogen and oxygen atoms in total. The highest BCUT2D eigenvalue weighted by Crippen LogP contribution is 2.46. The van der Waals surface area contributed by atoms with Crippen molar-refractivity contribution in [2.75, 3.05) is 26.0 Å². The molecule has 26 heavy (non-hydrogen) atoms. The summed E-state index contributed by atoms with van der Waals surface area (Å²) in [6.45, 7) is -0.579. The number of hydrogen-bond donors (Lipinski definition) is 2. The number of methoxy groups -OCH3 is 1. The lowest BCUT2D eigenvalue weighted by molar-refractivity contribution is -0.146. The Morgan fingerprint density at radius 1 is 1.38 bits per heavy atom. The van der Waals surface area contributed by atoms with Gasteiger partial charge in [-0.15, -0.1) is 0 Å². The molecule has 1 aliphatic heterocycles. The van der Waals surface area contributed by atoms with Gasteiger partial charge in [0.1, 0.15) is 12.4 Å². The van der Waals surface area contributed by atoms with Crippen molar-refractivity contribution < 1.29 is 33.0 Å². The molecule has 0 aromatic heterocycles. The van der Waals surface area contributed by atoms with E-state index in [1.54, 1.807) is 0 Å². The van der Waals surface area contributed by atoms with Gasteiger partial charge >= 0.3 is 18.1 Å². The molecule has 1 saturated heterocycles. The lowest BCUT2D eigenvalue weighted by atomic mass is 9.94. The van der Waals surface area contributed by atoms with Crippen molar-refractivity contribution in [1.82, 2.24) is 10.2 Å². The average Bonchev–Trinajstić information content (AvgIpc) is 3.08. The van der Waals surface area contributed by atoms with Crippen molar-refractivity contribution in [2.45, 2.75) is 18.4 Å². The van der Waals surface area contributed by atoms with Crippen LogP contribution in [0.4, 0.5) is 19.7 Å². The van der Waals surface area contributed by atoms with Crippen molar-refractivity contribution in [3.05, 3.63) is 29.1 Å². The van der Waals surface area contributed by atoms with Crippen LogP contribution in [0.2, 0.25) is 0 Å². The standard InChI is InChI=1S/C16H16FN3O6/c1-18-14(23)19-11-5-8-3-4-16(9(8)6-10(11)17)13(22)20(15(24)26-16)7-12(21)25-2/h5-6H,3-4,7H2,1-2H3,(H2,18,19,23)/t16-/m0/s1. The number of hydrogen-bond acceptors (Lipinski definition) is 6. The number of fused-ring (bicyclic) bond motifs is 2.